The fraction of sp³-hybridized carbons (Fsp3) is 0.514. The van der Waals surface area contributed by atoms with Gasteiger partial charge in [-0.1, -0.05) is 45.4 Å². The zero-order chi connectivity index (χ0) is 32.7. The van der Waals surface area contributed by atoms with E-state index in [2.05, 4.69) is 31.1 Å². The molecule has 7 rings (SSSR count). The minimum Gasteiger partial charge on any atom is -0.443 e. The molecule has 10 heteroatoms. The van der Waals surface area contributed by atoms with E-state index in [4.69, 9.17) is 4.74 Å². The summed E-state index contributed by atoms with van der Waals surface area (Å²) < 4.78 is 35.6. The molecule has 0 aromatic heterocycles. The molecule has 8 nitrogen and oxygen atoms in total. The number of anilines is 2. The minimum absolute atomic E-state index is 0.0479. The Hall–Kier alpha value is -3.95. The van der Waals surface area contributed by atoms with Gasteiger partial charge in [-0.3, -0.25) is 9.59 Å². The number of halogens is 2. The van der Waals surface area contributed by atoms with Gasteiger partial charge < -0.3 is 25.2 Å². The zero-order valence-electron chi connectivity index (χ0n) is 26.9. The van der Waals surface area contributed by atoms with E-state index in [1.165, 1.54) is 25.0 Å². The third kappa shape index (κ3) is 6.29. The molecule has 3 amide bonds. The zero-order valence-corrected chi connectivity index (χ0v) is 26.9. The van der Waals surface area contributed by atoms with Crippen LogP contribution in [0.1, 0.15) is 81.4 Å². The van der Waals surface area contributed by atoms with Crippen molar-refractivity contribution in [1.82, 2.24) is 10.6 Å². The molecule has 2 N–H and O–H groups in total. The molecule has 5 aliphatic rings. The molecule has 0 spiro atoms. The first-order chi connectivity index (χ1) is 21.3. The standard InChI is InChI=1S/C31H34F2N4O4.C4H10/c1-17-5-6-18(2)25(9-17)36(4)28(39)30-14-31(15-30,16-30)41-29(40)35-20-12-37(13-20)21-10-23(32)26(24(33)11-21)22-8-7-19(3)34-27(22)38;1-3-4-2/h5-6,9-11,20,22H,3,7-8,12-16H2,1-2,4H3,(H,34,38)(H,35,40);3-4H2,1-2H3. The molecule has 1 atom stereocenters. The Kier molecular flexibility index (Phi) is 8.97. The van der Waals surface area contributed by atoms with Crippen LogP contribution in [0.4, 0.5) is 25.0 Å². The van der Waals surface area contributed by atoms with E-state index in [-0.39, 0.29) is 17.5 Å². The number of hydrogen-bond acceptors (Lipinski definition) is 5. The highest BCUT2D eigenvalue weighted by atomic mass is 19.1. The summed E-state index contributed by atoms with van der Waals surface area (Å²) in [5, 5.41) is 5.39. The molecule has 2 aromatic carbocycles. The van der Waals surface area contributed by atoms with Gasteiger partial charge in [-0.15, -0.1) is 0 Å². The predicted molar refractivity (Wildman–Crippen MR) is 170 cm³/mol. The van der Waals surface area contributed by atoms with Crippen molar-refractivity contribution in [3.8, 4) is 0 Å². The topological polar surface area (TPSA) is 91.0 Å². The van der Waals surface area contributed by atoms with Gasteiger partial charge >= 0.3 is 6.09 Å². The van der Waals surface area contributed by atoms with Crippen LogP contribution in [0.25, 0.3) is 0 Å². The summed E-state index contributed by atoms with van der Waals surface area (Å²) in [7, 11) is 1.79. The molecule has 2 heterocycles. The van der Waals surface area contributed by atoms with E-state index in [0.29, 0.717) is 56.6 Å². The van der Waals surface area contributed by atoms with Gasteiger partial charge in [0.05, 0.1) is 17.4 Å². The highest BCUT2D eigenvalue weighted by Gasteiger charge is 2.75. The third-order valence-corrected chi connectivity index (χ3v) is 9.61. The Bertz CT molecular complexity index is 1470. The maximum absolute atomic E-state index is 14.9. The number of hydrogen-bond donors (Lipinski definition) is 2. The molecule has 1 unspecified atom stereocenters. The van der Waals surface area contributed by atoms with Gasteiger partial charge in [0.1, 0.15) is 17.2 Å². The van der Waals surface area contributed by atoms with Crippen molar-refractivity contribution >= 4 is 29.3 Å². The average Bonchev–Trinajstić information content (AvgIpc) is 2.93. The lowest BCUT2D eigenvalue weighted by Crippen LogP contribution is -2.74. The van der Waals surface area contributed by atoms with E-state index in [0.717, 1.165) is 16.8 Å². The van der Waals surface area contributed by atoms with Gasteiger partial charge in [-0.25, -0.2) is 13.6 Å². The molecule has 3 aliphatic carbocycles. The van der Waals surface area contributed by atoms with Crippen LogP contribution in [0.3, 0.4) is 0 Å². The van der Waals surface area contributed by atoms with Crippen LogP contribution < -0.4 is 20.4 Å². The molecule has 45 heavy (non-hydrogen) atoms. The van der Waals surface area contributed by atoms with E-state index >= 15 is 0 Å². The first-order valence-corrected chi connectivity index (χ1v) is 15.9. The molecule has 2 aromatic rings. The minimum atomic E-state index is -0.895. The number of carbonyl (C=O) groups is 3. The monoisotopic (exact) mass is 622 g/mol. The Morgan fingerprint density at radius 2 is 1.71 bits per heavy atom. The second-order valence-electron chi connectivity index (χ2n) is 13.3. The van der Waals surface area contributed by atoms with Gasteiger partial charge in [0.15, 0.2) is 0 Å². The molecule has 3 saturated carbocycles. The molecule has 2 aliphatic heterocycles. The first kappa shape index (κ1) is 32.4. The molecular weight excluding hydrogens is 578 g/mol. The van der Waals surface area contributed by atoms with Crippen molar-refractivity contribution in [2.75, 3.05) is 29.9 Å². The smallest absolute Gasteiger partial charge is 0.408 e. The summed E-state index contributed by atoms with van der Waals surface area (Å²) in [6, 6.07) is 8.26. The molecule has 2 bridgehead atoms. The van der Waals surface area contributed by atoms with Crippen molar-refractivity contribution < 1.29 is 27.9 Å². The highest BCUT2D eigenvalue weighted by Crippen LogP contribution is 2.69. The first-order valence-electron chi connectivity index (χ1n) is 15.9. The molecular formula is C35H44F2N4O4. The maximum Gasteiger partial charge on any atom is 0.408 e. The second kappa shape index (κ2) is 12.4. The number of unbranched alkanes of at least 4 members (excludes halogenated alkanes) is 1. The van der Waals surface area contributed by atoms with Gasteiger partial charge in [0.2, 0.25) is 11.8 Å². The maximum atomic E-state index is 14.9. The third-order valence-electron chi connectivity index (χ3n) is 9.61. The van der Waals surface area contributed by atoms with E-state index in [1.807, 2.05) is 32.0 Å². The SMILES string of the molecule is C=C1CCC(c2c(F)cc(N3CC(NC(=O)OC45CC(C(=O)N(C)c6cc(C)ccc6C)(C4)C5)C3)cc2F)C(=O)N1.CCCC. The fourth-order valence-corrected chi connectivity index (χ4v) is 6.88. The predicted octanol–water partition coefficient (Wildman–Crippen LogP) is 6.40. The number of carbonyl (C=O) groups excluding carboxylic acids is 3. The summed E-state index contributed by atoms with van der Waals surface area (Å²) in [5.74, 6) is -2.83. The Labute approximate surface area is 264 Å². The normalized spacial score (nSPS) is 25.0. The molecule has 242 valence electrons. The van der Waals surface area contributed by atoms with Gasteiger partial charge in [-0.05, 0) is 56.0 Å². The quantitative estimate of drug-likeness (QED) is 0.373. The number of aryl methyl sites for hydroxylation is 2. The number of nitrogens with zero attached hydrogens (tertiary/aromatic N) is 2. The largest absolute Gasteiger partial charge is 0.443 e. The number of benzene rings is 2. The van der Waals surface area contributed by atoms with Gasteiger partial charge in [0.25, 0.3) is 0 Å². The van der Waals surface area contributed by atoms with Crippen LogP contribution >= 0.6 is 0 Å². The lowest BCUT2D eigenvalue weighted by Gasteiger charge is -2.67. The molecule has 5 fully saturated rings. The molecule has 0 radical (unpaired) electrons. The van der Waals surface area contributed by atoms with E-state index < -0.39 is 40.6 Å². The van der Waals surface area contributed by atoms with Gasteiger partial charge in [0, 0.05) is 62.0 Å². The number of allylic oxidation sites excluding steroid dienone is 1. The summed E-state index contributed by atoms with van der Waals surface area (Å²) in [6.07, 6.45) is 4.39. The van der Waals surface area contributed by atoms with Crippen molar-refractivity contribution in [3.63, 3.8) is 0 Å². The summed E-state index contributed by atoms with van der Waals surface area (Å²) in [4.78, 5) is 41.6. The van der Waals surface area contributed by atoms with E-state index in [1.54, 1.807) is 16.8 Å². The van der Waals surface area contributed by atoms with E-state index in [9.17, 15) is 23.2 Å². The van der Waals surface area contributed by atoms with Crippen LogP contribution in [0.5, 0.6) is 0 Å². The Morgan fingerprint density at radius 3 is 2.29 bits per heavy atom. The lowest BCUT2D eigenvalue weighted by atomic mass is 9.40. The van der Waals surface area contributed by atoms with Crippen molar-refractivity contribution in [3.05, 3.63) is 70.9 Å². The number of piperidine rings is 1. The van der Waals surface area contributed by atoms with Crippen LogP contribution in [0, 0.1) is 30.9 Å². The van der Waals surface area contributed by atoms with Crippen molar-refractivity contribution in [2.24, 2.45) is 5.41 Å². The number of ether oxygens (including phenoxy) is 1. The average molecular weight is 623 g/mol. The lowest BCUT2D eigenvalue weighted by molar-refractivity contribution is -0.246. The van der Waals surface area contributed by atoms with Crippen LogP contribution in [-0.4, -0.2) is 49.7 Å². The van der Waals surface area contributed by atoms with Crippen molar-refractivity contribution in [1.29, 1.82) is 0 Å². The molecule has 2 saturated heterocycles. The Balaban J connectivity index is 0.000000945. The second-order valence-corrected chi connectivity index (χ2v) is 13.3. The number of amides is 3. The number of alkyl carbamates (subject to hydrolysis) is 1. The summed E-state index contributed by atoms with van der Waals surface area (Å²) >= 11 is 0. The van der Waals surface area contributed by atoms with Gasteiger partial charge in [-0.2, -0.15) is 0 Å². The van der Waals surface area contributed by atoms with Crippen molar-refractivity contribution in [2.45, 2.75) is 90.2 Å². The summed E-state index contributed by atoms with van der Waals surface area (Å²) in [6.45, 7) is 12.8. The van der Waals surface area contributed by atoms with Crippen LogP contribution in [-0.2, 0) is 14.3 Å². The van der Waals surface area contributed by atoms with Crippen LogP contribution in [0.15, 0.2) is 42.6 Å². The van der Waals surface area contributed by atoms with Crippen LogP contribution in [0.2, 0.25) is 0 Å². The number of nitrogens with one attached hydrogen (secondary N) is 2. The number of rotatable bonds is 7. The summed E-state index contributed by atoms with van der Waals surface area (Å²) in [5.41, 5.74) is 2.59. The highest BCUT2D eigenvalue weighted by molar-refractivity contribution is 6.00. The Morgan fingerprint density at radius 1 is 1.09 bits per heavy atom. The fourth-order valence-electron chi connectivity index (χ4n) is 6.88.